The van der Waals surface area contributed by atoms with Gasteiger partial charge in [0.2, 0.25) is 5.75 Å². The van der Waals surface area contributed by atoms with Crippen LogP contribution in [0.15, 0.2) is 42.5 Å². The molecule has 2 aromatic rings. The van der Waals surface area contributed by atoms with Crippen molar-refractivity contribution < 1.29 is 24.0 Å². The van der Waals surface area contributed by atoms with Crippen LogP contribution in [-0.2, 0) is 11.3 Å². The number of aromatic hydroxyl groups is 1. The van der Waals surface area contributed by atoms with Crippen LogP contribution < -0.4 is 5.32 Å². The van der Waals surface area contributed by atoms with E-state index in [-0.39, 0.29) is 25.1 Å². The summed E-state index contributed by atoms with van der Waals surface area (Å²) in [7, 11) is 0. The van der Waals surface area contributed by atoms with Crippen LogP contribution in [0.4, 0.5) is 14.9 Å². The number of carbonyl (C=O) groups excluding carboxylic acids is 1. The Morgan fingerprint density at radius 2 is 2.04 bits per heavy atom. The number of alkyl carbamates (subject to hydrolysis) is 1. The Balaban J connectivity index is 1.82. The molecule has 0 radical (unpaired) electrons. The molecule has 0 saturated carbocycles. The smallest absolute Gasteiger partial charge is 0.407 e. The number of halogens is 1. The third-order valence-corrected chi connectivity index (χ3v) is 3.21. The largest absolute Gasteiger partial charge is 0.501 e. The molecule has 0 heterocycles. The summed E-state index contributed by atoms with van der Waals surface area (Å²) in [5.74, 6) is 3.47. The molecule has 2 rings (SSSR count). The number of phenols is 1. The van der Waals surface area contributed by atoms with Gasteiger partial charge in [0, 0.05) is 13.0 Å². The van der Waals surface area contributed by atoms with Crippen LogP contribution in [0.2, 0.25) is 0 Å². The lowest BCUT2D eigenvalue weighted by Gasteiger charge is -2.05. The van der Waals surface area contributed by atoms with Crippen LogP contribution in [-0.4, -0.2) is 22.7 Å². The van der Waals surface area contributed by atoms with Crippen molar-refractivity contribution in [2.45, 2.75) is 13.0 Å². The van der Waals surface area contributed by atoms with Gasteiger partial charge in [0.25, 0.3) is 0 Å². The fourth-order valence-electron chi connectivity index (χ4n) is 1.98. The third kappa shape index (κ3) is 5.49. The van der Waals surface area contributed by atoms with Crippen LogP contribution in [0.5, 0.6) is 5.75 Å². The van der Waals surface area contributed by atoms with E-state index in [1.165, 1.54) is 0 Å². The first-order chi connectivity index (χ1) is 12.5. The van der Waals surface area contributed by atoms with Gasteiger partial charge in [-0.15, -0.1) is 0 Å². The summed E-state index contributed by atoms with van der Waals surface area (Å²) < 4.78 is 18.3. The molecule has 134 valence electrons. The first-order valence-electron chi connectivity index (χ1n) is 7.57. The number of nitrogens with one attached hydrogen (secondary N) is 1. The van der Waals surface area contributed by atoms with E-state index in [0.29, 0.717) is 6.07 Å². The second-order valence-electron chi connectivity index (χ2n) is 5.12. The standard InChI is InChI=1S/C18H15FN2O5/c19-15-10-14(17(22)16(11-15)21(24)25)8-4-5-9-20-18(23)26-12-13-6-2-1-3-7-13/h1-3,6-7,10-11,22H,5,9,12H2,(H,20,23). The van der Waals surface area contributed by atoms with Crippen molar-refractivity contribution in [3.63, 3.8) is 0 Å². The number of ether oxygens (including phenoxy) is 1. The minimum absolute atomic E-state index is 0.138. The van der Waals surface area contributed by atoms with Gasteiger partial charge < -0.3 is 15.2 Å². The number of hydrogen-bond acceptors (Lipinski definition) is 5. The lowest BCUT2D eigenvalue weighted by atomic mass is 10.1. The van der Waals surface area contributed by atoms with E-state index < -0.39 is 28.3 Å². The highest BCUT2D eigenvalue weighted by atomic mass is 19.1. The van der Waals surface area contributed by atoms with Gasteiger partial charge in [-0.1, -0.05) is 42.2 Å². The van der Waals surface area contributed by atoms with Gasteiger partial charge in [0.05, 0.1) is 16.6 Å². The molecule has 1 amide bonds. The van der Waals surface area contributed by atoms with E-state index in [9.17, 15) is 24.4 Å². The molecule has 2 N–H and O–H groups in total. The molecule has 0 atom stereocenters. The van der Waals surface area contributed by atoms with Crippen molar-refractivity contribution in [3.05, 3.63) is 69.5 Å². The van der Waals surface area contributed by atoms with Gasteiger partial charge in [-0.05, 0) is 11.6 Å². The maximum Gasteiger partial charge on any atom is 0.407 e. The maximum absolute atomic E-state index is 13.3. The van der Waals surface area contributed by atoms with Gasteiger partial charge in [0.15, 0.2) is 0 Å². The predicted molar refractivity (Wildman–Crippen MR) is 90.8 cm³/mol. The highest BCUT2D eigenvalue weighted by Crippen LogP contribution is 2.30. The van der Waals surface area contributed by atoms with Crippen molar-refractivity contribution >= 4 is 11.8 Å². The Hall–Kier alpha value is -3.60. The molecule has 0 bridgehead atoms. The van der Waals surface area contributed by atoms with Crippen LogP contribution in [0, 0.1) is 27.8 Å². The Kier molecular flexibility index (Phi) is 6.51. The zero-order valence-corrected chi connectivity index (χ0v) is 13.6. The lowest BCUT2D eigenvalue weighted by Crippen LogP contribution is -2.24. The first kappa shape index (κ1) is 18.7. The molecule has 26 heavy (non-hydrogen) atoms. The maximum atomic E-state index is 13.3. The fourth-order valence-corrected chi connectivity index (χ4v) is 1.98. The number of nitrogens with zero attached hydrogens (tertiary/aromatic N) is 1. The number of carbonyl (C=O) groups is 1. The van der Waals surface area contributed by atoms with E-state index >= 15 is 0 Å². The molecule has 0 fully saturated rings. The fraction of sp³-hybridized carbons (Fsp3) is 0.167. The molecule has 7 nitrogen and oxygen atoms in total. The average Bonchev–Trinajstić information content (AvgIpc) is 2.62. The minimum Gasteiger partial charge on any atom is -0.501 e. The zero-order chi connectivity index (χ0) is 18.9. The average molecular weight is 358 g/mol. The summed E-state index contributed by atoms with van der Waals surface area (Å²) in [6, 6.07) is 10.7. The van der Waals surface area contributed by atoms with Crippen molar-refractivity contribution in [2.75, 3.05) is 6.54 Å². The predicted octanol–water partition coefficient (Wildman–Crippen LogP) is 3.11. The first-order valence-corrected chi connectivity index (χ1v) is 7.57. The van der Waals surface area contributed by atoms with Crippen molar-refractivity contribution in [2.24, 2.45) is 0 Å². The Labute approximate surface area is 148 Å². The van der Waals surface area contributed by atoms with E-state index in [1.807, 2.05) is 30.3 Å². The van der Waals surface area contributed by atoms with E-state index in [0.717, 1.165) is 11.6 Å². The quantitative estimate of drug-likeness (QED) is 0.370. The Morgan fingerprint density at radius 3 is 2.73 bits per heavy atom. The molecule has 0 aliphatic heterocycles. The van der Waals surface area contributed by atoms with Crippen LogP contribution in [0.1, 0.15) is 17.5 Å². The van der Waals surface area contributed by atoms with Crippen LogP contribution >= 0.6 is 0 Å². The summed E-state index contributed by atoms with van der Waals surface area (Å²) in [5.41, 5.74) is -0.0918. The third-order valence-electron chi connectivity index (χ3n) is 3.21. The molecular formula is C18H15FN2O5. The second-order valence-corrected chi connectivity index (χ2v) is 5.12. The lowest BCUT2D eigenvalue weighted by molar-refractivity contribution is -0.386. The van der Waals surface area contributed by atoms with E-state index in [4.69, 9.17) is 4.74 Å². The minimum atomic E-state index is -0.895. The van der Waals surface area contributed by atoms with Gasteiger partial charge >= 0.3 is 11.8 Å². The number of benzene rings is 2. The SMILES string of the molecule is O=C(NCCC#Cc1cc(F)cc([N+](=O)[O-])c1O)OCc1ccccc1. The summed E-state index contributed by atoms with van der Waals surface area (Å²) in [4.78, 5) is 21.3. The highest BCUT2D eigenvalue weighted by Gasteiger charge is 2.18. The topological polar surface area (TPSA) is 102 Å². The Bertz CT molecular complexity index is 859. The normalized spacial score (nSPS) is 9.73. The number of nitro groups is 1. The van der Waals surface area contributed by atoms with Gasteiger partial charge in [-0.2, -0.15) is 0 Å². The highest BCUT2D eigenvalue weighted by molar-refractivity contribution is 5.67. The van der Waals surface area contributed by atoms with Crippen molar-refractivity contribution in [1.82, 2.24) is 5.32 Å². The summed E-state index contributed by atoms with van der Waals surface area (Å²) >= 11 is 0. The number of nitro benzene ring substituents is 1. The molecule has 2 aromatic carbocycles. The molecule has 0 aromatic heterocycles. The zero-order valence-electron chi connectivity index (χ0n) is 13.6. The van der Waals surface area contributed by atoms with Crippen LogP contribution in [0.3, 0.4) is 0 Å². The van der Waals surface area contributed by atoms with Crippen LogP contribution in [0.25, 0.3) is 0 Å². The van der Waals surface area contributed by atoms with Gasteiger partial charge in [0.1, 0.15) is 12.4 Å². The molecule has 8 heteroatoms. The number of amides is 1. The van der Waals surface area contributed by atoms with E-state index in [2.05, 4.69) is 17.2 Å². The second kappa shape index (κ2) is 9.03. The molecule has 0 spiro atoms. The van der Waals surface area contributed by atoms with Crippen molar-refractivity contribution in [1.29, 1.82) is 0 Å². The van der Waals surface area contributed by atoms with Gasteiger partial charge in [-0.3, -0.25) is 10.1 Å². The summed E-state index contributed by atoms with van der Waals surface area (Å²) in [5, 5.41) is 22.9. The molecule has 0 unspecified atom stereocenters. The summed E-state index contributed by atoms with van der Waals surface area (Å²) in [6.07, 6.45) is -0.426. The molecule has 0 saturated heterocycles. The molecule has 0 aliphatic carbocycles. The van der Waals surface area contributed by atoms with E-state index in [1.54, 1.807) is 0 Å². The number of phenolic OH excluding ortho intramolecular Hbond substituents is 1. The summed E-state index contributed by atoms with van der Waals surface area (Å²) in [6.45, 7) is 0.304. The molecular weight excluding hydrogens is 343 g/mol. The number of hydrogen-bond donors (Lipinski definition) is 2. The van der Waals surface area contributed by atoms with Crippen molar-refractivity contribution in [3.8, 4) is 17.6 Å². The Morgan fingerprint density at radius 1 is 1.31 bits per heavy atom. The number of rotatable bonds is 5. The molecule has 0 aliphatic rings. The monoisotopic (exact) mass is 358 g/mol. The van der Waals surface area contributed by atoms with Gasteiger partial charge in [-0.25, -0.2) is 9.18 Å².